The number of likely N-dealkylation sites (N-methyl/N-ethyl adjacent to an activating group) is 1. The molecule has 1 rings (SSSR count). The lowest BCUT2D eigenvalue weighted by Gasteiger charge is -2.33. The number of carbonyl (C=O) groups excluding carboxylic acids is 2. The number of esters is 1. The highest BCUT2D eigenvalue weighted by Crippen LogP contribution is 2.38. The number of hydrogen-bond acceptors (Lipinski definition) is 4. The predicted molar refractivity (Wildman–Crippen MR) is 81.3 cm³/mol. The van der Waals surface area contributed by atoms with Gasteiger partial charge in [-0.2, -0.15) is 0 Å². The number of ether oxygens (including phenoxy) is 2. The molecule has 0 radical (unpaired) electrons. The SMILES string of the molecule is COC(=O)C(CC1CCC(F)(F)CC1)N(C)C(=O)OC(C)(C)C. The molecule has 134 valence electrons. The minimum absolute atomic E-state index is 0.0383. The van der Waals surface area contributed by atoms with Crippen LogP contribution in [-0.4, -0.2) is 48.7 Å². The largest absolute Gasteiger partial charge is 0.467 e. The van der Waals surface area contributed by atoms with Crippen molar-refractivity contribution in [2.24, 2.45) is 5.92 Å². The molecule has 0 aromatic carbocycles. The van der Waals surface area contributed by atoms with E-state index < -0.39 is 29.6 Å². The minimum Gasteiger partial charge on any atom is -0.467 e. The quantitative estimate of drug-likeness (QED) is 0.737. The molecule has 7 heteroatoms. The van der Waals surface area contributed by atoms with Gasteiger partial charge in [-0.3, -0.25) is 4.90 Å². The average molecular weight is 335 g/mol. The fourth-order valence-corrected chi connectivity index (χ4v) is 2.66. The number of methoxy groups -OCH3 is 1. The first kappa shape index (κ1) is 19.6. The summed E-state index contributed by atoms with van der Waals surface area (Å²) in [7, 11) is 2.71. The van der Waals surface area contributed by atoms with Crippen LogP contribution in [0.15, 0.2) is 0 Å². The summed E-state index contributed by atoms with van der Waals surface area (Å²) in [6.45, 7) is 5.19. The van der Waals surface area contributed by atoms with Crippen LogP contribution in [0.4, 0.5) is 13.6 Å². The molecule has 0 N–H and O–H groups in total. The van der Waals surface area contributed by atoms with Crippen LogP contribution in [-0.2, 0) is 14.3 Å². The zero-order valence-electron chi connectivity index (χ0n) is 14.5. The van der Waals surface area contributed by atoms with Crippen LogP contribution < -0.4 is 0 Å². The van der Waals surface area contributed by atoms with Crippen molar-refractivity contribution in [2.45, 2.75) is 70.4 Å². The van der Waals surface area contributed by atoms with Crippen LogP contribution >= 0.6 is 0 Å². The third-order valence-corrected chi connectivity index (χ3v) is 4.02. The predicted octanol–water partition coefficient (Wildman–Crippen LogP) is 3.61. The van der Waals surface area contributed by atoms with Crippen LogP contribution in [0, 0.1) is 5.92 Å². The van der Waals surface area contributed by atoms with Gasteiger partial charge in [0.2, 0.25) is 5.92 Å². The zero-order valence-corrected chi connectivity index (χ0v) is 14.5. The number of alkyl halides is 2. The summed E-state index contributed by atoms with van der Waals surface area (Å²) < 4.78 is 36.5. The van der Waals surface area contributed by atoms with Crippen molar-refractivity contribution in [2.75, 3.05) is 14.2 Å². The molecule has 1 atom stereocenters. The van der Waals surface area contributed by atoms with Gasteiger partial charge in [0.1, 0.15) is 11.6 Å². The van der Waals surface area contributed by atoms with Gasteiger partial charge in [0, 0.05) is 19.9 Å². The van der Waals surface area contributed by atoms with E-state index in [1.165, 1.54) is 19.1 Å². The first-order chi connectivity index (χ1) is 10.4. The van der Waals surface area contributed by atoms with Gasteiger partial charge in [-0.15, -0.1) is 0 Å². The van der Waals surface area contributed by atoms with Gasteiger partial charge >= 0.3 is 12.1 Å². The smallest absolute Gasteiger partial charge is 0.410 e. The first-order valence-corrected chi connectivity index (χ1v) is 7.86. The highest BCUT2D eigenvalue weighted by molar-refractivity contribution is 5.81. The molecule has 23 heavy (non-hydrogen) atoms. The van der Waals surface area contributed by atoms with Gasteiger partial charge in [0.05, 0.1) is 7.11 Å². The van der Waals surface area contributed by atoms with E-state index in [0.717, 1.165) is 0 Å². The Morgan fingerprint density at radius 1 is 1.26 bits per heavy atom. The van der Waals surface area contributed by atoms with Crippen molar-refractivity contribution in [3.05, 3.63) is 0 Å². The Kier molecular flexibility index (Phi) is 6.36. The fraction of sp³-hybridized carbons (Fsp3) is 0.875. The van der Waals surface area contributed by atoms with E-state index in [4.69, 9.17) is 9.47 Å². The van der Waals surface area contributed by atoms with Gasteiger partial charge in [-0.1, -0.05) is 0 Å². The number of nitrogens with zero attached hydrogens (tertiary/aromatic N) is 1. The van der Waals surface area contributed by atoms with E-state index in [1.54, 1.807) is 20.8 Å². The molecule has 0 spiro atoms. The van der Waals surface area contributed by atoms with E-state index in [0.29, 0.717) is 19.3 Å². The highest BCUT2D eigenvalue weighted by atomic mass is 19.3. The van der Waals surface area contributed by atoms with Crippen LogP contribution in [0.3, 0.4) is 0 Å². The number of halogens is 2. The molecule has 0 aliphatic heterocycles. The summed E-state index contributed by atoms with van der Waals surface area (Å²) in [6.07, 6.45) is -0.0122. The molecule has 5 nitrogen and oxygen atoms in total. The van der Waals surface area contributed by atoms with E-state index in [1.807, 2.05) is 0 Å². The Hall–Kier alpha value is -1.40. The molecule has 1 amide bonds. The Balaban J connectivity index is 2.73. The Bertz CT molecular complexity index is 424. The van der Waals surface area contributed by atoms with E-state index >= 15 is 0 Å². The molecular weight excluding hydrogens is 308 g/mol. The van der Waals surface area contributed by atoms with E-state index in [9.17, 15) is 18.4 Å². The highest BCUT2D eigenvalue weighted by Gasteiger charge is 2.38. The Labute approximate surface area is 136 Å². The molecule has 0 heterocycles. The van der Waals surface area contributed by atoms with Crippen LogP contribution in [0.25, 0.3) is 0 Å². The fourth-order valence-electron chi connectivity index (χ4n) is 2.66. The second kappa shape index (κ2) is 7.45. The molecule has 0 aromatic rings. The lowest BCUT2D eigenvalue weighted by Crippen LogP contribution is -2.46. The summed E-state index contributed by atoms with van der Waals surface area (Å²) in [4.78, 5) is 25.3. The summed E-state index contributed by atoms with van der Waals surface area (Å²) >= 11 is 0. The van der Waals surface area contributed by atoms with E-state index in [2.05, 4.69) is 0 Å². The molecule has 0 aromatic heterocycles. The van der Waals surface area contributed by atoms with Crippen molar-refractivity contribution < 1.29 is 27.8 Å². The maximum atomic E-state index is 13.2. The topological polar surface area (TPSA) is 55.8 Å². The Morgan fingerprint density at radius 3 is 2.22 bits per heavy atom. The first-order valence-electron chi connectivity index (χ1n) is 7.86. The molecule has 1 saturated carbocycles. The summed E-state index contributed by atoms with van der Waals surface area (Å²) in [5.74, 6) is -3.21. The van der Waals surface area contributed by atoms with Crippen molar-refractivity contribution in [3.8, 4) is 0 Å². The normalized spacial score (nSPS) is 19.8. The summed E-state index contributed by atoms with van der Waals surface area (Å²) in [6, 6.07) is -0.827. The maximum absolute atomic E-state index is 13.2. The second-order valence-electron chi connectivity index (χ2n) is 7.17. The maximum Gasteiger partial charge on any atom is 0.410 e. The molecule has 1 fully saturated rings. The van der Waals surface area contributed by atoms with Crippen LogP contribution in [0.1, 0.15) is 52.9 Å². The third-order valence-electron chi connectivity index (χ3n) is 4.02. The molecule has 0 saturated heterocycles. The summed E-state index contributed by atoms with van der Waals surface area (Å²) in [5, 5.41) is 0. The second-order valence-corrected chi connectivity index (χ2v) is 7.17. The van der Waals surface area contributed by atoms with Crippen molar-refractivity contribution in [3.63, 3.8) is 0 Å². The van der Waals surface area contributed by atoms with Gasteiger partial charge < -0.3 is 9.47 Å². The van der Waals surface area contributed by atoms with Crippen LogP contribution in [0.5, 0.6) is 0 Å². The summed E-state index contributed by atoms with van der Waals surface area (Å²) in [5.41, 5.74) is -0.682. The van der Waals surface area contributed by atoms with Gasteiger partial charge in [0.25, 0.3) is 0 Å². The number of rotatable bonds is 4. The zero-order chi connectivity index (χ0) is 17.8. The minimum atomic E-state index is -2.62. The monoisotopic (exact) mass is 335 g/mol. The third kappa shape index (κ3) is 6.31. The number of amides is 1. The molecular formula is C16H27F2NO4. The van der Waals surface area contributed by atoms with Gasteiger partial charge in [0.15, 0.2) is 0 Å². The van der Waals surface area contributed by atoms with Gasteiger partial charge in [-0.25, -0.2) is 18.4 Å². The van der Waals surface area contributed by atoms with Crippen LogP contribution in [0.2, 0.25) is 0 Å². The van der Waals surface area contributed by atoms with Crippen molar-refractivity contribution >= 4 is 12.1 Å². The van der Waals surface area contributed by atoms with Crippen molar-refractivity contribution in [1.29, 1.82) is 0 Å². The lowest BCUT2D eigenvalue weighted by molar-refractivity contribution is -0.147. The van der Waals surface area contributed by atoms with E-state index in [-0.39, 0.29) is 18.8 Å². The molecule has 0 bridgehead atoms. The molecule has 1 aliphatic rings. The number of hydrogen-bond donors (Lipinski definition) is 0. The van der Waals surface area contributed by atoms with Gasteiger partial charge in [-0.05, 0) is 46.0 Å². The Morgan fingerprint density at radius 2 is 1.78 bits per heavy atom. The molecule has 1 unspecified atom stereocenters. The average Bonchev–Trinajstić information content (AvgIpc) is 2.43. The molecule has 1 aliphatic carbocycles. The lowest BCUT2D eigenvalue weighted by atomic mass is 9.82. The standard InChI is InChI=1S/C16H27F2NO4/c1-15(2,3)23-14(21)19(4)12(13(20)22-5)10-11-6-8-16(17,18)9-7-11/h11-12H,6-10H2,1-5H3. The van der Waals surface area contributed by atoms with Crippen molar-refractivity contribution in [1.82, 2.24) is 4.90 Å². The number of carbonyl (C=O) groups is 2.